The van der Waals surface area contributed by atoms with Crippen molar-refractivity contribution in [1.82, 2.24) is 4.31 Å². The topological polar surface area (TPSA) is 104 Å². The Kier molecular flexibility index (Phi) is 5.48. The first kappa shape index (κ1) is 17.6. The summed E-state index contributed by atoms with van der Waals surface area (Å²) in [6.45, 7) is 2.28. The van der Waals surface area contributed by atoms with Crippen molar-refractivity contribution in [3.8, 4) is 0 Å². The maximum absolute atomic E-state index is 12.3. The van der Waals surface area contributed by atoms with Gasteiger partial charge in [-0.15, -0.1) is 0 Å². The number of hydrogen-bond donors (Lipinski definition) is 2. The van der Waals surface area contributed by atoms with Gasteiger partial charge in [-0.05, 0) is 40.5 Å². The van der Waals surface area contributed by atoms with E-state index in [-0.39, 0.29) is 10.8 Å². The van der Waals surface area contributed by atoms with E-state index in [9.17, 15) is 18.0 Å². The fourth-order valence-corrected chi connectivity index (χ4v) is 3.61. The molecule has 0 spiro atoms. The van der Waals surface area contributed by atoms with E-state index in [1.807, 2.05) is 0 Å². The minimum atomic E-state index is -3.92. The predicted molar refractivity (Wildman–Crippen MR) is 80.6 cm³/mol. The third kappa shape index (κ3) is 4.26. The summed E-state index contributed by atoms with van der Waals surface area (Å²) in [5.41, 5.74) is 0.846. The van der Waals surface area contributed by atoms with Crippen LogP contribution >= 0.6 is 15.9 Å². The van der Waals surface area contributed by atoms with Crippen LogP contribution in [0.4, 0.5) is 5.69 Å². The van der Waals surface area contributed by atoms with Crippen molar-refractivity contribution in [2.75, 3.05) is 18.9 Å². The van der Waals surface area contributed by atoms with Gasteiger partial charge in [0.25, 0.3) is 0 Å². The fourth-order valence-electron chi connectivity index (χ4n) is 1.67. The minimum Gasteiger partial charge on any atom is -0.480 e. The molecule has 116 valence electrons. The van der Waals surface area contributed by atoms with Gasteiger partial charge in [0, 0.05) is 18.4 Å². The lowest BCUT2D eigenvalue weighted by atomic mass is 10.2. The van der Waals surface area contributed by atoms with Crippen molar-refractivity contribution in [3.63, 3.8) is 0 Å². The normalized spacial score (nSPS) is 11.5. The fraction of sp³-hybridized carbons (Fsp3) is 0.333. The van der Waals surface area contributed by atoms with Crippen molar-refractivity contribution >= 4 is 43.5 Å². The van der Waals surface area contributed by atoms with E-state index < -0.39 is 22.5 Å². The van der Waals surface area contributed by atoms with Crippen molar-refractivity contribution in [1.29, 1.82) is 0 Å². The van der Waals surface area contributed by atoms with Crippen LogP contribution in [0.5, 0.6) is 0 Å². The molecule has 0 atom stereocenters. The summed E-state index contributed by atoms with van der Waals surface area (Å²) in [4.78, 5) is 21.7. The van der Waals surface area contributed by atoms with Crippen molar-refractivity contribution in [2.45, 2.75) is 18.7 Å². The molecule has 21 heavy (non-hydrogen) atoms. The van der Waals surface area contributed by atoms with Crippen molar-refractivity contribution < 1.29 is 23.1 Å². The van der Waals surface area contributed by atoms with Crippen molar-refractivity contribution in [2.24, 2.45) is 0 Å². The van der Waals surface area contributed by atoms with Crippen LogP contribution in [0, 0.1) is 6.92 Å². The number of halogens is 1. The van der Waals surface area contributed by atoms with E-state index in [4.69, 9.17) is 5.11 Å². The van der Waals surface area contributed by atoms with E-state index in [0.29, 0.717) is 15.7 Å². The molecule has 7 nitrogen and oxygen atoms in total. The molecular formula is C12H15BrN2O5S. The highest BCUT2D eigenvalue weighted by molar-refractivity contribution is 9.10. The molecule has 1 aromatic carbocycles. The van der Waals surface area contributed by atoms with Gasteiger partial charge in [0.05, 0.1) is 10.6 Å². The third-order valence-corrected chi connectivity index (χ3v) is 5.22. The average molecular weight is 379 g/mol. The molecule has 0 saturated heterocycles. The molecule has 9 heteroatoms. The van der Waals surface area contributed by atoms with E-state index in [0.717, 1.165) is 4.31 Å². The first-order valence-electron chi connectivity index (χ1n) is 5.81. The molecule has 0 aromatic heterocycles. The van der Waals surface area contributed by atoms with E-state index in [1.54, 1.807) is 6.92 Å². The van der Waals surface area contributed by atoms with E-state index in [1.165, 1.54) is 26.1 Å². The number of anilines is 1. The number of carbonyl (C=O) groups excluding carboxylic acids is 1. The zero-order valence-corrected chi connectivity index (χ0v) is 14.1. The molecule has 0 fully saturated rings. The second-order valence-corrected chi connectivity index (χ2v) is 7.30. The van der Waals surface area contributed by atoms with E-state index >= 15 is 0 Å². The molecule has 0 radical (unpaired) electrons. The van der Waals surface area contributed by atoms with E-state index in [2.05, 4.69) is 21.2 Å². The van der Waals surface area contributed by atoms with Crippen LogP contribution in [0.25, 0.3) is 0 Å². The Labute approximate surface area is 131 Å². The van der Waals surface area contributed by atoms with Crippen LogP contribution in [-0.4, -0.2) is 43.3 Å². The number of carbonyl (C=O) groups is 2. The Bertz CT molecular complexity index is 687. The summed E-state index contributed by atoms with van der Waals surface area (Å²) in [6, 6.07) is 2.85. The molecule has 0 aliphatic carbocycles. The second-order valence-electron chi connectivity index (χ2n) is 4.43. The summed E-state index contributed by atoms with van der Waals surface area (Å²) in [5, 5.41) is 11.3. The molecule has 1 amide bonds. The quantitative estimate of drug-likeness (QED) is 0.806. The van der Waals surface area contributed by atoms with Gasteiger partial charge in [-0.25, -0.2) is 8.42 Å². The molecule has 1 rings (SSSR count). The molecule has 2 N–H and O–H groups in total. The Morgan fingerprint density at radius 3 is 2.43 bits per heavy atom. The number of rotatable bonds is 5. The molecule has 0 bridgehead atoms. The number of hydrogen-bond acceptors (Lipinski definition) is 4. The smallest absolute Gasteiger partial charge is 0.318 e. The number of aryl methyl sites for hydroxylation is 1. The van der Waals surface area contributed by atoms with Gasteiger partial charge in [0.15, 0.2) is 0 Å². The Morgan fingerprint density at radius 1 is 1.38 bits per heavy atom. The lowest BCUT2D eigenvalue weighted by Gasteiger charge is -2.18. The number of carboxylic acid groups (broad SMARTS) is 1. The number of likely N-dealkylation sites (N-methyl/N-ethyl adjacent to an activating group) is 1. The lowest BCUT2D eigenvalue weighted by Crippen LogP contribution is -2.32. The van der Waals surface area contributed by atoms with Crippen LogP contribution < -0.4 is 5.32 Å². The highest BCUT2D eigenvalue weighted by Crippen LogP contribution is 2.30. The first-order valence-corrected chi connectivity index (χ1v) is 8.05. The van der Waals surface area contributed by atoms with Crippen LogP contribution in [0.15, 0.2) is 21.5 Å². The number of benzene rings is 1. The Morgan fingerprint density at radius 2 is 1.95 bits per heavy atom. The first-order chi connectivity index (χ1) is 9.55. The standard InChI is InChI=1S/C12H15BrN2O5S/c1-7-4-10(14-8(2)16)9(13)5-11(7)21(19,20)15(3)6-12(17)18/h4-5H,6H2,1-3H3,(H,14,16)(H,17,18). The zero-order chi connectivity index (χ0) is 16.4. The molecule has 0 unspecified atom stereocenters. The maximum atomic E-state index is 12.3. The van der Waals surface area contributed by atoms with Gasteiger partial charge in [0.2, 0.25) is 15.9 Å². The summed E-state index contributed by atoms with van der Waals surface area (Å²) in [6.07, 6.45) is 0. The van der Waals surface area contributed by atoms with Crippen molar-refractivity contribution in [3.05, 3.63) is 22.2 Å². The lowest BCUT2D eigenvalue weighted by molar-refractivity contribution is -0.137. The Balaban J connectivity index is 3.28. The summed E-state index contributed by atoms with van der Waals surface area (Å²) >= 11 is 3.19. The van der Waals surface area contributed by atoms with Crippen LogP contribution in [0.1, 0.15) is 12.5 Å². The number of nitrogens with one attached hydrogen (secondary N) is 1. The van der Waals surface area contributed by atoms with Gasteiger partial charge < -0.3 is 10.4 Å². The number of nitrogens with zero attached hydrogens (tertiary/aromatic N) is 1. The molecule has 0 aliphatic heterocycles. The largest absolute Gasteiger partial charge is 0.480 e. The molecule has 0 heterocycles. The highest BCUT2D eigenvalue weighted by Gasteiger charge is 2.25. The third-order valence-electron chi connectivity index (χ3n) is 2.62. The summed E-state index contributed by atoms with van der Waals surface area (Å²) in [5.74, 6) is -1.53. The maximum Gasteiger partial charge on any atom is 0.318 e. The summed E-state index contributed by atoms with van der Waals surface area (Å²) < 4.78 is 25.8. The van der Waals surface area contributed by atoms with Gasteiger partial charge in [0.1, 0.15) is 6.54 Å². The number of sulfonamides is 1. The van der Waals surface area contributed by atoms with Crippen LogP contribution in [0.3, 0.4) is 0 Å². The molecule has 0 aliphatic rings. The molecular weight excluding hydrogens is 364 g/mol. The molecule has 0 saturated carbocycles. The minimum absolute atomic E-state index is 0.0211. The Hall–Kier alpha value is -1.45. The van der Waals surface area contributed by atoms with Gasteiger partial charge in [-0.2, -0.15) is 4.31 Å². The second kappa shape index (κ2) is 6.54. The van der Waals surface area contributed by atoms with Gasteiger partial charge in [-0.1, -0.05) is 0 Å². The number of amides is 1. The van der Waals surface area contributed by atoms with Gasteiger partial charge in [-0.3, -0.25) is 9.59 Å². The van der Waals surface area contributed by atoms with Crippen LogP contribution in [-0.2, 0) is 19.6 Å². The zero-order valence-electron chi connectivity index (χ0n) is 11.7. The number of aliphatic carboxylic acids is 1. The average Bonchev–Trinajstić information content (AvgIpc) is 2.31. The predicted octanol–water partition coefficient (Wildman–Crippen LogP) is 1.42. The van der Waals surface area contributed by atoms with Crippen LogP contribution in [0.2, 0.25) is 0 Å². The molecule has 1 aromatic rings. The number of carboxylic acids is 1. The summed E-state index contributed by atoms with van der Waals surface area (Å²) in [7, 11) is -2.73. The van der Waals surface area contributed by atoms with Gasteiger partial charge >= 0.3 is 5.97 Å². The highest BCUT2D eigenvalue weighted by atomic mass is 79.9. The SMILES string of the molecule is CC(=O)Nc1cc(C)c(S(=O)(=O)N(C)CC(=O)O)cc1Br. The monoisotopic (exact) mass is 378 g/mol.